The third-order valence-electron chi connectivity index (χ3n) is 6.54. The molecular formula is C29H35N5O3S. The smallest absolute Gasteiger partial charge is 0.255 e. The normalized spacial score (nSPS) is 12.2. The van der Waals surface area contributed by atoms with Crippen LogP contribution in [0.15, 0.2) is 53.7 Å². The van der Waals surface area contributed by atoms with Crippen molar-refractivity contribution in [2.45, 2.75) is 64.7 Å². The fraction of sp³-hybridized carbons (Fsp3) is 0.379. The first-order valence-electron chi connectivity index (χ1n) is 12.9. The molecule has 2 aromatic carbocycles. The first kappa shape index (κ1) is 27.4. The van der Waals surface area contributed by atoms with E-state index in [1.807, 2.05) is 42.7 Å². The van der Waals surface area contributed by atoms with Crippen LogP contribution in [0.2, 0.25) is 0 Å². The fourth-order valence-corrected chi connectivity index (χ4v) is 5.67. The van der Waals surface area contributed by atoms with Crippen LogP contribution in [0.5, 0.6) is 5.75 Å². The van der Waals surface area contributed by atoms with Crippen molar-refractivity contribution in [1.29, 1.82) is 0 Å². The molecule has 1 atom stereocenters. The van der Waals surface area contributed by atoms with E-state index in [9.17, 15) is 9.59 Å². The van der Waals surface area contributed by atoms with Crippen LogP contribution in [0, 0.1) is 12.8 Å². The molecule has 0 bridgehead atoms. The first-order valence-corrected chi connectivity index (χ1v) is 13.8. The summed E-state index contributed by atoms with van der Waals surface area (Å²) in [6.07, 6.45) is 0. The van der Waals surface area contributed by atoms with Gasteiger partial charge in [0, 0.05) is 35.2 Å². The van der Waals surface area contributed by atoms with Gasteiger partial charge in [-0.3, -0.25) is 9.59 Å². The Morgan fingerprint density at radius 3 is 2.45 bits per heavy atom. The lowest BCUT2D eigenvalue weighted by atomic mass is 10.0. The van der Waals surface area contributed by atoms with Crippen LogP contribution >= 0.6 is 11.8 Å². The SMILES string of the molecule is CCn1c(C)c(C(=O)C(C)Sc2nnc(CNC(=O)c3ccccc3OC)n2CC(C)C)c2ccccc21. The molecule has 4 aromatic rings. The Bertz CT molecular complexity index is 1460. The van der Waals surface area contributed by atoms with E-state index in [2.05, 4.69) is 46.9 Å². The maximum atomic E-state index is 13.7. The van der Waals surface area contributed by atoms with Crippen LogP contribution in [-0.2, 0) is 19.6 Å². The molecule has 9 heteroatoms. The summed E-state index contributed by atoms with van der Waals surface area (Å²) < 4.78 is 9.50. The lowest BCUT2D eigenvalue weighted by Gasteiger charge is -2.15. The molecule has 0 aliphatic rings. The predicted molar refractivity (Wildman–Crippen MR) is 151 cm³/mol. The fourth-order valence-electron chi connectivity index (χ4n) is 4.74. The summed E-state index contributed by atoms with van der Waals surface area (Å²) in [5.41, 5.74) is 3.28. The van der Waals surface area contributed by atoms with Gasteiger partial charge in [0.15, 0.2) is 16.8 Å². The minimum atomic E-state index is -0.365. The molecule has 38 heavy (non-hydrogen) atoms. The van der Waals surface area contributed by atoms with Crippen molar-refractivity contribution in [3.8, 4) is 5.75 Å². The number of methoxy groups -OCH3 is 1. The molecule has 2 heterocycles. The lowest BCUT2D eigenvalue weighted by Crippen LogP contribution is -2.26. The van der Waals surface area contributed by atoms with Gasteiger partial charge >= 0.3 is 0 Å². The number of ether oxygens (including phenoxy) is 1. The number of Topliss-reactive ketones (excluding diaryl/α,β-unsaturated/α-hetero) is 1. The van der Waals surface area contributed by atoms with E-state index in [4.69, 9.17) is 4.74 Å². The molecule has 1 N–H and O–H groups in total. The number of carbonyl (C=O) groups is 2. The monoisotopic (exact) mass is 533 g/mol. The van der Waals surface area contributed by atoms with Gasteiger partial charge in [0.05, 0.1) is 24.5 Å². The first-order chi connectivity index (χ1) is 18.3. The number of rotatable bonds is 11. The Kier molecular flexibility index (Phi) is 8.56. The molecular weight excluding hydrogens is 498 g/mol. The topological polar surface area (TPSA) is 91.0 Å². The van der Waals surface area contributed by atoms with Crippen LogP contribution in [-0.4, -0.2) is 43.4 Å². The summed E-state index contributed by atoms with van der Waals surface area (Å²) in [4.78, 5) is 26.6. The molecule has 0 spiro atoms. The summed E-state index contributed by atoms with van der Waals surface area (Å²) in [5, 5.41) is 13.0. The molecule has 0 fully saturated rings. The summed E-state index contributed by atoms with van der Waals surface area (Å²) in [5.74, 6) is 1.30. The summed E-state index contributed by atoms with van der Waals surface area (Å²) in [6.45, 7) is 11.9. The molecule has 0 aliphatic heterocycles. The Morgan fingerprint density at radius 1 is 1.03 bits per heavy atom. The largest absolute Gasteiger partial charge is 0.496 e. The number of ketones is 1. The molecule has 200 valence electrons. The highest BCUT2D eigenvalue weighted by Gasteiger charge is 2.26. The zero-order valence-corrected chi connectivity index (χ0v) is 23.6. The van der Waals surface area contributed by atoms with E-state index in [1.165, 1.54) is 11.8 Å². The lowest BCUT2D eigenvalue weighted by molar-refractivity contribution is 0.0945. The zero-order valence-electron chi connectivity index (χ0n) is 22.8. The van der Waals surface area contributed by atoms with Gasteiger partial charge in [-0.2, -0.15) is 0 Å². The minimum absolute atomic E-state index is 0.0704. The summed E-state index contributed by atoms with van der Waals surface area (Å²) in [6, 6.07) is 15.1. The van der Waals surface area contributed by atoms with Crippen molar-refractivity contribution >= 4 is 34.4 Å². The predicted octanol–water partition coefficient (Wildman–Crippen LogP) is 5.52. The van der Waals surface area contributed by atoms with Crippen LogP contribution in [0.1, 0.15) is 59.9 Å². The molecule has 1 amide bonds. The molecule has 0 saturated heterocycles. The second-order valence-corrected chi connectivity index (χ2v) is 10.9. The number of nitrogens with one attached hydrogen (secondary N) is 1. The van der Waals surface area contributed by atoms with Crippen molar-refractivity contribution in [2.75, 3.05) is 7.11 Å². The Hall–Kier alpha value is -3.59. The Labute approximate surface area is 227 Å². The quantitative estimate of drug-likeness (QED) is 0.202. The number of amides is 1. The van der Waals surface area contributed by atoms with Crippen molar-refractivity contribution in [2.24, 2.45) is 5.92 Å². The highest BCUT2D eigenvalue weighted by molar-refractivity contribution is 8.00. The number of hydrogen-bond acceptors (Lipinski definition) is 6. The Morgan fingerprint density at radius 2 is 1.74 bits per heavy atom. The molecule has 0 saturated carbocycles. The number of fused-ring (bicyclic) bond motifs is 1. The van der Waals surface area contributed by atoms with Gasteiger partial charge in [-0.05, 0) is 44.9 Å². The number of nitrogens with zero attached hydrogens (tertiary/aromatic N) is 4. The third kappa shape index (κ3) is 5.48. The standard InChI is InChI=1S/C29H35N5O3S/c1-7-33-19(4)26(21-12-8-10-14-23(21)33)27(35)20(5)38-29-32-31-25(34(29)17-18(2)3)16-30-28(36)22-13-9-11-15-24(22)37-6/h8-15,18,20H,7,16-17H2,1-6H3,(H,30,36). The number of aromatic nitrogens is 4. The number of hydrogen-bond donors (Lipinski definition) is 1. The number of aryl methyl sites for hydroxylation is 1. The van der Waals surface area contributed by atoms with Gasteiger partial charge < -0.3 is 19.2 Å². The molecule has 0 aliphatic carbocycles. The van der Waals surface area contributed by atoms with Crippen LogP contribution < -0.4 is 10.1 Å². The van der Waals surface area contributed by atoms with Gasteiger partial charge in [0.2, 0.25) is 0 Å². The van der Waals surface area contributed by atoms with Crippen LogP contribution in [0.4, 0.5) is 0 Å². The maximum Gasteiger partial charge on any atom is 0.255 e. The van der Waals surface area contributed by atoms with Crippen molar-refractivity contribution < 1.29 is 14.3 Å². The van der Waals surface area contributed by atoms with Gasteiger partial charge in [-0.1, -0.05) is 55.9 Å². The highest BCUT2D eigenvalue weighted by atomic mass is 32.2. The summed E-state index contributed by atoms with van der Waals surface area (Å²) >= 11 is 1.40. The number of benzene rings is 2. The molecule has 2 aromatic heterocycles. The van der Waals surface area contributed by atoms with E-state index in [-0.39, 0.29) is 23.5 Å². The van der Waals surface area contributed by atoms with Crippen LogP contribution in [0.25, 0.3) is 10.9 Å². The van der Waals surface area contributed by atoms with E-state index < -0.39 is 0 Å². The van der Waals surface area contributed by atoms with Gasteiger partial charge in [0.25, 0.3) is 5.91 Å². The van der Waals surface area contributed by atoms with E-state index >= 15 is 0 Å². The Balaban J connectivity index is 1.56. The van der Waals surface area contributed by atoms with E-state index in [0.29, 0.717) is 34.8 Å². The molecule has 1 unspecified atom stereocenters. The van der Waals surface area contributed by atoms with E-state index in [0.717, 1.165) is 28.7 Å². The second kappa shape index (κ2) is 11.9. The maximum absolute atomic E-state index is 13.7. The average Bonchev–Trinajstić information content (AvgIpc) is 3.42. The minimum Gasteiger partial charge on any atom is -0.496 e. The number of carbonyl (C=O) groups excluding carboxylic acids is 2. The van der Waals surface area contributed by atoms with Crippen molar-refractivity contribution in [1.82, 2.24) is 24.6 Å². The molecule has 0 radical (unpaired) electrons. The zero-order chi connectivity index (χ0) is 27.4. The van der Waals surface area contributed by atoms with Gasteiger partial charge in [-0.25, -0.2) is 0 Å². The third-order valence-corrected chi connectivity index (χ3v) is 7.63. The van der Waals surface area contributed by atoms with Gasteiger partial charge in [-0.15, -0.1) is 10.2 Å². The number of thioether (sulfide) groups is 1. The second-order valence-electron chi connectivity index (χ2n) is 9.63. The van der Waals surface area contributed by atoms with Gasteiger partial charge in [0.1, 0.15) is 5.75 Å². The van der Waals surface area contributed by atoms with Crippen molar-refractivity contribution in [3.05, 3.63) is 71.2 Å². The highest BCUT2D eigenvalue weighted by Crippen LogP contribution is 2.32. The average molecular weight is 534 g/mol. The van der Waals surface area contributed by atoms with Crippen molar-refractivity contribution in [3.63, 3.8) is 0 Å². The van der Waals surface area contributed by atoms with Crippen LogP contribution in [0.3, 0.4) is 0 Å². The number of para-hydroxylation sites is 2. The summed E-state index contributed by atoms with van der Waals surface area (Å²) in [7, 11) is 1.54. The van der Waals surface area contributed by atoms with E-state index in [1.54, 1.807) is 25.3 Å². The molecule has 4 rings (SSSR count). The molecule has 8 nitrogen and oxygen atoms in total.